The van der Waals surface area contributed by atoms with Crippen LogP contribution in [-0.2, 0) is 22.7 Å². The third-order valence-corrected chi connectivity index (χ3v) is 5.98. The van der Waals surface area contributed by atoms with E-state index < -0.39 is 11.7 Å². The highest BCUT2D eigenvalue weighted by Crippen LogP contribution is 2.22. The van der Waals surface area contributed by atoms with Crippen LogP contribution in [0.15, 0.2) is 67.0 Å². The van der Waals surface area contributed by atoms with Crippen LogP contribution in [0.2, 0.25) is 0 Å². The van der Waals surface area contributed by atoms with E-state index in [0.29, 0.717) is 37.1 Å². The van der Waals surface area contributed by atoms with E-state index in [9.17, 15) is 14.4 Å². The lowest BCUT2D eigenvalue weighted by Crippen LogP contribution is -2.34. The molecule has 0 fully saturated rings. The Hall–Kier alpha value is -3.87. The second-order valence-electron chi connectivity index (χ2n) is 7.91. The van der Waals surface area contributed by atoms with Crippen LogP contribution >= 0.6 is 0 Å². The summed E-state index contributed by atoms with van der Waals surface area (Å²) >= 11 is 0. The minimum absolute atomic E-state index is 0.0249. The maximum atomic E-state index is 13.0. The van der Waals surface area contributed by atoms with Gasteiger partial charge >= 0.3 is 0 Å². The SMILES string of the molecule is CCN(CC)C(=O)Cn1cc(C(=O)C(=O)NCCn2ccc3ccccc32)c2ccccc21. The Balaban J connectivity index is 1.48. The number of benzene rings is 2. The number of hydrogen-bond acceptors (Lipinski definition) is 3. The quantitative estimate of drug-likeness (QED) is 0.317. The second kappa shape index (κ2) is 9.73. The van der Waals surface area contributed by atoms with Gasteiger partial charge in [-0.1, -0.05) is 36.4 Å². The predicted octanol–water partition coefficient (Wildman–Crippen LogP) is 3.46. The van der Waals surface area contributed by atoms with E-state index in [4.69, 9.17) is 0 Å². The maximum absolute atomic E-state index is 13.0. The van der Waals surface area contributed by atoms with Crippen molar-refractivity contribution in [1.29, 1.82) is 0 Å². The molecule has 4 rings (SSSR count). The van der Waals surface area contributed by atoms with Crippen LogP contribution < -0.4 is 5.32 Å². The molecule has 33 heavy (non-hydrogen) atoms. The van der Waals surface area contributed by atoms with Gasteiger partial charge < -0.3 is 19.4 Å². The molecule has 0 aliphatic carbocycles. The van der Waals surface area contributed by atoms with E-state index >= 15 is 0 Å². The van der Waals surface area contributed by atoms with Crippen molar-refractivity contribution < 1.29 is 14.4 Å². The molecule has 7 heteroatoms. The van der Waals surface area contributed by atoms with Crippen molar-refractivity contribution in [3.63, 3.8) is 0 Å². The molecular weight excluding hydrogens is 416 g/mol. The maximum Gasteiger partial charge on any atom is 0.292 e. The number of nitrogens with one attached hydrogen (secondary N) is 1. The smallest absolute Gasteiger partial charge is 0.292 e. The molecule has 2 amide bonds. The molecule has 2 heterocycles. The zero-order valence-electron chi connectivity index (χ0n) is 19.0. The van der Waals surface area contributed by atoms with E-state index in [-0.39, 0.29) is 12.5 Å². The number of aromatic nitrogens is 2. The number of carbonyl (C=O) groups is 3. The van der Waals surface area contributed by atoms with Crippen LogP contribution in [0, 0.1) is 0 Å². The number of rotatable bonds is 9. The summed E-state index contributed by atoms with van der Waals surface area (Å²) in [5.41, 5.74) is 2.15. The second-order valence-corrected chi connectivity index (χ2v) is 7.91. The molecule has 0 aliphatic heterocycles. The van der Waals surface area contributed by atoms with Gasteiger partial charge in [0.05, 0.1) is 5.56 Å². The Morgan fingerprint density at radius 3 is 2.33 bits per heavy atom. The summed E-state index contributed by atoms with van der Waals surface area (Å²) in [4.78, 5) is 40.0. The molecule has 4 aromatic rings. The van der Waals surface area contributed by atoms with Gasteiger partial charge in [-0.05, 0) is 37.4 Å². The van der Waals surface area contributed by atoms with E-state index in [1.165, 1.54) is 0 Å². The average molecular weight is 445 g/mol. The molecule has 0 atom stereocenters. The molecule has 0 unspecified atom stereocenters. The van der Waals surface area contributed by atoms with E-state index in [1.54, 1.807) is 21.7 Å². The van der Waals surface area contributed by atoms with Gasteiger partial charge in [0.25, 0.3) is 11.7 Å². The largest absolute Gasteiger partial charge is 0.347 e. The fourth-order valence-corrected chi connectivity index (χ4v) is 4.21. The summed E-state index contributed by atoms with van der Waals surface area (Å²) in [6.07, 6.45) is 3.59. The first kappa shape index (κ1) is 22.3. The lowest BCUT2D eigenvalue weighted by molar-refractivity contribution is -0.131. The highest BCUT2D eigenvalue weighted by Gasteiger charge is 2.22. The molecule has 0 aliphatic rings. The van der Waals surface area contributed by atoms with Gasteiger partial charge in [0.2, 0.25) is 5.91 Å². The van der Waals surface area contributed by atoms with Crippen LogP contribution in [-0.4, -0.2) is 51.3 Å². The number of likely N-dealkylation sites (N-methyl/N-ethyl adjacent to an activating group) is 1. The highest BCUT2D eigenvalue weighted by molar-refractivity contribution is 6.45. The van der Waals surface area contributed by atoms with E-state index in [0.717, 1.165) is 16.4 Å². The minimum atomic E-state index is -0.649. The molecule has 0 saturated heterocycles. The molecule has 0 bridgehead atoms. The van der Waals surface area contributed by atoms with Crippen molar-refractivity contribution in [2.45, 2.75) is 26.9 Å². The first-order chi connectivity index (χ1) is 16.0. The van der Waals surface area contributed by atoms with E-state index in [1.807, 2.05) is 73.1 Å². The summed E-state index contributed by atoms with van der Waals surface area (Å²) in [5.74, 6) is -1.27. The number of amides is 2. The van der Waals surface area contributed by atoms with Gasteiger partial charge in [-0.15, -0.1) is 0 Å². The van der Waals surface area contributed by atoms with Crippen molar-refractivity contribution in [2.75, 3.05) is 19.6 Å². The third-order valence-electron chi connectivity index (χ3n) is 5.98. The standard InChI is InChI=1S/C26H28N4O3/c1-3-28(4-2)24(31)18-30-17-21(20-10-6-8-12-23(20)30)25(32)26(33)27-14-16-29-15-13-19-9-5-7-11-22(19)29/h5-13,15,17H,3-4,14,16,18H2,1-2H3,(H,27,33). The number of hydrogen-bond donors (Lipinski definition) is 1. The van der Waals surface area contributed by atoms with Crippen molar-refractivity contribution in [3.05, 3.63) is 72.6 Å². The predicted molar refractivity (Wildman–Crippen MR) is 129 cm³/mol. The molecule has 0 radical (unpaired) electrons. The summed E-state index contributed by atoms with van der Waals surface area (Å²) < 4.78 is 3.80. The lowest BCUT2D eigenvalue weighted by atomic mass is 10.1. The topological polar surface area (TPSA) is 76.3 Å². The molecule has 0 spiro atoms. The summed E-state index contributed by atoms with van der Waals surface area (Å²) in [6.45, 7) is 6.14. The molecule has 7 nitrogen and oxygen atoms in total. The van der Waals surface area contributed by atoms with Crippen LogP contribution in [0.3, 0.4) is 0 Å². The molecule has 170 valence electrons. The third kappa shape index (κ3) is 4.53. The van der Waals surface area contributed by atoms with Crippen LogP contribution in [0.5, 0.6) is 0 Å². The summed E-state index contributed by atoms with van der Waals surface area (Å²) in [5, 5.41) is 4.54. The van der Waals surface area contributed by atoms with E-state index in [2.05, 4.69) is 5.32 Å². The van der Waals surface area contributed by atoms with Crippen molar-refractivity contribution in [3.8, 4) is 0 Å². The fourth-order valence-electron chi connectivity index (χ4n) is 4.21. The van der Waals surface area contributed by atoms with Gasteiger partial charge in [0.1, 0.15) is 6.54 Å². The molecular formula is C26H28N4O3. The Morgan fingerprint density at radius 1 is 0.879 bits per heavy atom. The number of Topliss-reactive ketones (excluding diaryl/α,β-unsaturated/α-hetero) is 1. The normalized spacial score (nSPS) is 11.1. The number of fused-ring (bicyclic) bond motifs is 2. The Bertz CT molecular complexity index is 1310. The summed E-state index contributed by atoms with van der Waals surface area (Å²) in [6, 6.07) is 17.4. The fraction of sp³-hybridized carbons (Fsp3) is 0.269. The highest BCUT2D eigenvalue weighted by atomic mass is 16.2. The number of para-hydroxylation sites is 2. The van der Waals surface area contributed by atoms with Gasteiger partial charge in [0.15, 0.2) is 0 Å². The number of ketones is 1. The first-order valence-electron chi connectivity index (χ1n) is 11.3. The van der Waals surface area contributed by atoms with Gasteiger partial charge in [-0.25, -0.2) is 0 Å². The van der Waals surface area contributed by atoms with Crippen molar-refractivity contribution >= 4 is 39.4 Å². The Kier molecular flexibility index (Phi) is 6.58. The lowest BCUT2D eigenvalue weighted by Gasteiger charge is -2.19. The van der Waals surface area contributed by atoms with Gasteiger partial charge in [-0.3, -0.25) is 14.4 Å². The summed E-state index contributed by atoms with van der Waals surface area (Å²) in [7, 11) is 0. The number of carbonyl (C=O) groups excluding carboxylic acids is 3. The average Bonchev–Trinajstić information content (AvgIpc) is 3.41. The zero-order valence-corrected chi connectivity index (χ0v) is 19.0. The Labute approximate surface area is 192 Å². The van der Waals surface area contributed by atoms with Crippen molar-refractivity contribution in [1.82, 2.24) is 19.4 Å². The van der Waals surface area contributed by atoms with Crippen molar-refractivity contribution in [2.24, 2.45) is 0 Å². The minimum Gasteiger partial charge on any atom is -0.347 e. The van der Waals surface area contributed by atoms with Crippen LogP contribution in [0.4, 0.5) is 0 Å². The number of nitrogens with zero attached hydrogens (tertiary/aromatic N) is 3. The molecule has 1 N–H and O–H groups in total. The monoisotopic (exact) mass is 444 g/mol. The van der Waals surface area contributed by atoms with Gasteiger partial charge in [0, 0.05) is 55.0 Å². The first-order valence-corrected chi connectivity index (χ1v) is 11.3. The Morgan fingerprint density at radius 2 is 1.58 bits per heavy atom. The molecule has 2 aromatic heterocycles. The molecule has 2 aromatic carbocycles. The van der Waals surface area contributed by atoms with Gasteiger partial charge in [-0.2, -0.15) is 0 Å². The van der Waals surface area contributed by atoms with Crippen LogP contribution in [0.1, 0.15) is 24.2 Å². The molecule has 0 saturated carbocycles. The van der Waals surface area contributed by atoms with Crippen LogP contribution in [0.25, 0.3) is 21.8 Å². The zero-order chi connectivity index (χ0) is 23.4.